The summed E-state index contributed by atoms with van der Waals surface area (Å²) in [4.78, 5) is 20.4. The molecule has 0 aromatic heterocycles. The van der Waals surface area contributed by atoms with Crippen LogP contribution < -0.4 is 0 Å². The summed E-state index contributed by atoms with van der Waals surface area (Å²) in [7, 11) is 0. The van der Waals surface area contributed by atoms with E-state index in [4.69, 9.17) is 5.11 Å². The first-order valence-electron chi connectivity index (χ1n) is 3.15. The van der Waals surface area contributed by atoms with E-state index in [2.05, 4.69) is 16.1 Å². The molecule has 5 heteroatoms. The maximum absolute atomic E-state index is 10.6. The average Bonchev–Trinajstić information content (AvgIpc) is 1.84. The van der Waals surface area contributed by atoms with Crippen molar-refractivity contribution in [2.24, 2.45) is 0 Å². The summed E-state index contributed by atoms with van der Waals surface area (Å²) < 4.78 is 8.23. The van der Waals surface area contributed by atoms with E-state index in [-0.39, 0.29) is 0 Å². The van der Waals surface area contributed by atoms with Crippen molar-refractivity contribution in [2.45, 2.75) is 19.4 Å². The van der Waals surface area contributed by atoms with E-state index in [1.807, 2.05) is 0 Å². The number of hydrogen-bond acceptors (Lipinski definition) is 4. The molecule has 0 amide bonds. The van der Waals surface area contributed by atoms with Crippen LogP contribution in [0, 0.1) is 0 Å². The molecule has 68 valence electrons. The molecule has 0 spiro atoms. The Kier molecular flexibility index (Phi) is 3.28. The first kappa shape index (κ1) is 10.5. The molecule has 0 aromatic carbocycles. The molecule has 0 atom stereocenters. The Bertz CT molecular complexity index is 206. The van der Waals surface area contributed by atoms with Gasteiger partial charge in [-0.1, -0.05) is 6.58 Å². The van der Waals surface area contributed by atoms with Crippen molar-refractivity contribution in [3.8, 4) is 0 Å². The van der Waals surface area contributed by atoms with Gasteiger partial charge >= 0.3 is 12.3 Å². The van der Waals surface area contributed by atoms with Gasteiger partial charge in [-0.05, 0) is 19.9 Å². The maximum Gasteiger partial charge on any atom is 0.519 e. The zero-order valence-electron chi connectivity index (χ0n) is 6.86. The Hall–Kier alpha value is -1.52. The van der Waals surface area contributed by atoms with Crippen LogP contribution in [-0.2, 0) is 9.47 Å². The van der Waals surface area contributed by atoms with Crippen LogP contribution in [0.1, 0.15) is 13.8 Å². The summed E-state index contributed by atoms with van der Waals surface area (Å²) in [6.07, 6.45) is -1.59. The molecule has 0 aliphatic rings. The number of rotatable bonds is 2. The molecule has 0 fully saturated rings. The molecule has 0 radical (unpaired) electrons. The smallest absolute Gasteiger partial charge is 0.449 e. The molecule has 0 rings (SSSR count). The molecular formula is C7H10O5. The molecular weight excluding hydrogens is 164 g/mol. The highest BCUT2D eigenvalue weighted by Crippen LogP contribution is 2.10. The third kappa shape index (κ3) is 4.32. The topological polar surface area (TPSA) is 72.8 Å². The van der Waals surface area contributed by atoms with Crippen LogP contribution in [0.15, 0.2) is 12.7 Å². The van der Waals surface area contributed by atoms with Gasteiger partial charge in [-0.15, -0.1) is 0 Å². The first-order valence-corrected chi connectivity index (χ1v) is 3.15. The third-order valence-corrected chi connectivity index (χ3v) is 1.01. The average molecular weight is 174 g/mol. The summed E-state index contributed by atoms with van der Waals surface area (Å²) in [5.74, 6) is 0. The van der Waals surface area contributed by atoms with Gasteiger partial charge in [0.25, 0.3) is 0 Å². The van der Waals surface area contributed by atoms with Crippen LogP contribution in [0.2, 0.25) is 0 Å². The van der Waals surface area contributed by atoms with Gasteiger partial charge in [0.1, 0.15) is 5.60 Å². The minimum absolute atomic E-state index is 0.924. The summed E-state index contributed by atoms with van der Waals surface area (Å²) in [5, 5.41) is 8.00. The Labute approximate surface area is 69.6 Å². The number of ether oxygens (including phenoxy) is 2. The second kappa shape index (κ2) is 3.75. The van der Waals surface area contributed by atoms with E-state index in [1.54, 1.807) is 13.8 Å². The molecule has 0 aliphatic carbocycles. The lowest BCUT2D eigenvalue weighted by atomic mass is 10.1. The number of hydrogen-bond donors (Lipinski definition) is 1. The van der Waals surface area contributed by atoms with Gasteiger partial charge in [-0.25, -0.2) is 9.59 Å². The number of carbonyl (C=O) groups is 2. The van der Waals surface area contributed by atoms with Gasteiger partial charge in [0.05, 0.1) is 0 Å². The van der Waals surface area contributed by atoms with Crippen molar-refractivity contribution in [1.29, 1.82) is 0 Å². The highest BCUT2D eigenvalue weighted by molar-refractivity contribution is 5.75. The second-order valence-corrected chi connectivity index (χ2v) is 2.53. The van der Waals surface area contributed by atoms with Crippen LogP contribution in [0.3, 0.4) is 0 Å². The highest BCUT2D eigenvalue weighted by Gasteiger charge is 2.21. The monoisotopic (exact) mass is 174 g/mol. The molecule has 0 aromatic rings. The summed E-state index contributed by atoms with van der Waals surface area (Å²) in [5.41, 5.74) is -0.924. The summed E-state index contributed by atoms with van der Waals surface area (Å²) >= 11 is 0. The van der Waals surface area contributed by atoms with Crippen molar-refractivity contribution in [1.82, 2.24) is 0 Å². The molecule has 0 saturated carbocycles. The lowest BCUT2D eigenvalue weighted by Gasteiger charge is -2.18. The van der Waals surface area contributed by atoms with E-state index < -0.39 is 17.9 Å². The lowest BCUT2D eigenvalue weighted by molar-refractivity contribution is 0.0124. The second-order valence-electron chi connectivity index (χ2n) is 2.53. The van der Waals surface area contributed by atoms with E-state index in [1.165, 1.54) is 6.08 Å². The Morgan fingerprint density at radius 1 is 1.50 bits per heavy atom. The largest absolute Gasteiger partial charge is 0.519 e. The van der Waals surface area contributed by atoms with Crippen molar-refractivity contribution in [3.63, 3.8) is 0 Å². The van der Waals surface area contributed by atoms with Crippen LogP contribution in [-0.4, -0.2) is 23.0 Å². The Balaban J connectivity index is 4.00. The summed E-state index contributed by atoms with van der Waals surface area (Å²) in [6.45, 7) is 6.47. The molecule has 5 nitrogen and oxygen atoms in total. The van der Waals surface area contributed by atoms with Gasteiger partial charge in [0, 0.05) is 0 Å². The summed E-state index contributed by atoms with van der Waals surface area (Å²) in [6, 6.07) is 0. The number of carboxylic acid groups (broad SMARTS) is 1. The molecule has 0 heterocycles. The fraction of sp³-hybridized carbons (Fsp3) is 0.429. The highest BCUT2D eigenvalue weighted by atomic mass is 16.8. The Morgan fingerprint density at radius 2 is 2.00 bits per heavy atom. The van der Waals surface area contributed by atoms with Gasteiger partial charge in [0.2, 0.25) is 0 Å². The fourth-order valence-corrected chi connectivity index (χ4v) is 0.349. The molecule has 1 N–H and O–H groups in total. The maximum atomic E-state index is 10.6. The van der Waals surface area contributed by atoms with Gasteiger partial charge < -0.3 is 14.6 Å². The van der Waals surface area contributed by atoms with Gasteiger partial charge in [-0.2, -0.15) is 0 Å². The quantitative estimate of drug-likeness (QED) is 0.392. The Morgan fingerprint density at radius 3 is 2.33 bits per heavy atom. The van der Waals surface area contributed by atoms with Crippen molar-refractivity contribution >= 4 is 12.3 Å². The van der Waals surface area contributed by atoms with Crippen molar-refractivity contribution < 1.29 is 24.2 Å². The van der Waals surface area contributed by atoms with E-state index in [0.717, 1.165) is 0 Å². The SMILES string of the molecule is C=CC(C)(C)OC(=O)OC(=O)O. The van der Waals surface area contributed by atoms with Gasteiger partial charge in [-0.3, -0.25) is 0 Å². The fourth-order valence-electron chi connectivity index (χ4n) is 0.349. The molecule has 0 saturated heterocycles. The first-order chi connectivity index (χ1) is 5.37. The minimum atomic E-state index is -1.69. The molecule has 0 unspecified atom stereocenters. The van der Waals surface area contributed by atoms with Crippen molar-refractivity contribution in [3.05, 3.63) is 12.7 Å². The van der Waals surface area contributed by atoms with Gasteiger partial charge in [0.15, 0.2) is 0 Å². The molecule has 0 aliphatic heterocycles. The standard InChI is InChI=1S/C7H10O5/c1-4-7(2,3)12-6(10)11-5(8)9/h4H,1H2,2-3H3,(H,8,9). The van der Waals surface area contributed by atoms with Crippen LogP contribution in [0.25, 0.3) is 0 Å². The van der Waals surface area contributed by atoms with Crippen molar-refractivity contribution in [2.75, 3.05) is 0 Å². The van der Waals surface area contributed by atoms with E-state index in [9.17, 15) is 9.59 Å². The third-order valence-electron chi connectivity index (χ3n) is 1.01. The zero-order valence-corrected chi connectivity index (χ0v) is 6.86. The van der Waals surface area contributed by atoms with E-state index in [0.29, 0.717) is 0 Å². The molecule has 0 bridgehead atoms. The zero-order chi connectivity index (χ0) is 9.78. The van der Waals surface area contributed by atoms with Crippen LogP contribution in [0.4, 0.5) is 9.59 Å². The normalized spacial score (nSPS) is 10.2. The van der Waals surface area contributed by atoms with Crippen LogP contribution >= 0.6 is 0 Å². The van der Waals surface area contributed by atoms with Crippen LogP contribution in [0.5, 0.6) is 0 Å². The number of carbonyl (C=O) groups excluding carboxylic acids is 1. The lowest BCUT2D eigenvalue weighted by Crippen LogP contribution is -2.26. The molecule has 12 heavy (non-hydrogen) atoms. The predicted molar refractivity (Wildman–Crippen MR) is 39.9 cm³/mol. The predicted octanol–water partition coefficient (Wildman–Crippen LogP) is 1.78. The van der Waals surface area contributed by atoms with E-state index >= 15 is 0 Å². The minimum Gasteiger partial charge on any atom is -0.449 e.